The minimum Gasteiger partial charge on any atom is -0.354 e. The van der Waals surface area contributed by atoms with Crippen LogP contribution in [0.1, 0.15) is 11.1 Å². The number of aromatic nitrogens is 1. The normalized spacial score (nSPS) is 15.7. The van der Waals surface area contributed by atoms with Gasteiger partial charge in [-0.2, -0.15) is 0 Å². The number of hydrogen-bond acceptors (Lipinski definition) is 4. The Morgan fingerprint density at radius 3 is 2.22 bits per heavy atom. The van der Waals surface area contributed by atoms with Crippen LogP contribution in [0.15, 0.2) is 47.6 Å². The minimum absolute atomic E-state index is 0.677. The van der Waals surface area contributed by atoms with Gasteiger partial charge >= 0.3 is 0 Å². The summed E-state index contributed by atoms with van der Waals surface area (Å²) >= 11 is 5.92. The standard InChI is InChI=1S/C20H27ClN6/c1-22-20(24-13-16-3-6-18(21)7-4-16)25-15-17-5-8-19(23-14-17)27-11-9-26(2)10-12-27/h3-8,14H,9-13,15H2,1-2H3,(H2,22,24,25). The number of rotatable bonds is 5. The van der Waals surface area contributed by atoms with Gasteiger partial charge in [0.1, 0.15) is 5.82 Å². The molecule has 0 amide bonds. The first kappa shape index (κ1) is 19.5. The van der Waals surface area contributed by atoms with Crippen molar-refractivity contribution in [3.05, 3.63) is 58.7 Å². The number of likely N-dealkylation sites (N-methyl/N-ethyl adjacent to an activating group) is 1. The molecule has 2 aromatic rings. The average molecular weight is 387 g/mol. The number of halogens is 1. The highest BCUT2D eigenvalue weighted by molar-refractivity contribution is 6.30. The van der Waals surface area contributed by atoms with E-state index >= 15 is 0 Å². The molecule has 2 N–H and O–H groups in total. The predicted molar refractivity (Wildman–Crippen MR) is 112 cm³/mol. The van der Waals surface area contributed by atoms with Crippen LogP contribution in [0.2, 0.25) is 5.02 Å². The minimum atomic E-state index is 0.677. The smallest absolute Gasteiger partial charge is 0.191 e. The Morgan fingerprint density at radius 1 is 1.00 bits per heavy atom. The van der Waals surface area contributed by atoms with Gasteiger partial charge in [0.05, 0.1) is 0 Å². The summed E-state index contributed by atoms with van der Waals surface area (Å²) in [5.41, 5.74) is 2.28. The van der Waals surface area contributed by atoms with Crippen LogP contribution in [0.5, 0.6) is 0 Å². The van der Waals surface area contributed by atoms with Crippen molar-refractivity contribution in [2.45, 2.75) is 13.1 Å². The van der Waals surface area contributed by atoms with Crippen molar-refractivity contribution in [1.82, 2.24) is 20.5 Å². The SMILES string of the molecule is CN=C(NCc1ccc(Cl)cc1)NCc1ccc(N2CCN(C)CC2)nc1. The number of guanidine groups is 1. The molecule has 0 atom stereocenters. The first-order valence-corrected chi connectivity index (χ1v) is 9.59. The summed E-state index contributed by atoms with van der Waals surface area (Å²) in [6.45, 7) is 5.60. The van der Waals surface area contributed by atoms with Gasteiger partial charge in [0.25, 0.3) is 0 Å². The summed E-state index contributed by atoms with van der Waals surface area (Å²) in [4.78, 5) is 13.6. The summed E-state index contributed by atoms with van der Waals surface area (Å²) in [5.74, 6) is 1.81. The first-order chi connectivity index (χ1) is 13.1. The lowest BCUT2D eigenvalue weighted by atomic mass is 10.2. The molecule has 1 aromatic carbocycles. The van der Waals surface area contributed by atoms with E-state index in [1.54, 1.807) is 7.05 Å². The van der Waals surface area contributed by atoms with Crippen molar-refractivity contribution in [2.24, 2.45) is 4.99 Å². The van der Waals surface area contributed by atoms with Gasteiger partial charge in [0.15, 0.2) is 5.96 Å². The lowest BCUT2D eigenvalue weighted by molar-refractivity contribution is 0.312. The van der Waals surface area contributed by atoms with Crippen molar-refractivity contribution in [3.63, 3.8) is 0 Å². The Kier molecular flexibility index (Phi) is 6.90. The van der Waals surface area contributed by atoms with Gasteiger partial charge in [0.2, 0.25) is 0 Å². The molecule has 1 aliphatic heterocycles. The number of anilines is 1. The van der Waals surface area contributed by atoms with Crippen LogP contribution < -0.4 is 15.5 Å². The van der Waals surface area contributed by atoms with Crippen molar-refractivity contribution < 1.29 is 0 Å². The Morgan fingerprint density at radius 2 is 1.63 bits per heavy atom. The summed E-state index contributed by atoms with van der Waals surface area (Å²) in [6.07, 6.45) is 1.94. The molecule has 144 valence electrons. The molecule has 1 fully saturated rings. The Balaban J connectivity index is 1.47. The number of piperazine rings is 1. The zero-order valence-corrected chi connectivity index (χ0v) is 16.7. The highest BCUT2D eigenvalue weighted by Gasteiger charge is 2.14. The maximum atomic E-state index is 5.92. The van der Waals surface area contributed by atoms with Gasteiger partial charge < -0.3 is 20.4 Å². The monoisotopic (exact) mass is 386 g/mol. The van der Waals surface area contributed by atoms with E-state index in [2.05, 4.69) is 49.6 Å². The number of aliphatic imine (C=N–C) groups is 1. The summed E-state index contributed by atoms with van der Waals surface area (Å²) in [6, 6.07) is 12.0. The molecule has 0 spiro atoms. The van der Waals surface area contributed by atoms with Crippen LogP contribution in [0.4, 0.5) is 5.82 Å². The van der Waals surface area contributed by atoms with Gasteiger partial charge in [0, 0.05) is 57.5 Å². The van der Waals surface area contributed by atoms with E-state index in [0.717, 1.165) is 54.1 Å². The molecule has 1 aliphatic rings. The van der Waals surface area contributed by atoms with Gasteiger partial charge in [-0.1, -0.05) is 29.8 Å². The van der Waals surface area contributed by atoms with E-state index in [1.807, 2.05) is 30.5 Å². The van der Waals surface area contributed by atoms with E-state index in [4.69, 9.17) is 11.6 Å². The number of hydrogen-bond donors (Lipinski definition) is 2. The summed E-state index contributed by atoms with van der Waals surface area (Å²) < 4.78 is 0. The molecular formula is C20H27ClN6. The van der Waals surface area contributed by atoms with Crippen LogP contribution >= 0.6 is 11.6 Å². The average Bonchev–Trinajstić information content (AvgIpc) is 2.70. The summed E-state index contributed by atoms with van der Waals surface area (Å²) in [7, 11) is 3.93. The van der Waals surface area contributed by atoms with Crippen LogP contribution in [-0.4, -0.2) is 56.1 Å². The van der Waals surface area contributed by atoms with Gasteiger partial charge in [-0.3, -0.25) is 4.99 Å². The first-order valence-electron chi connectivity index (χ1n) is 9.21. The molecule has 3 rings (SSSR count). The molecule has 0 aliphatic carbocycles. The Labute approximate surface area is 166 Å². The largest absolute Gasteiger partial charge is 0.354 e. The van der Waals surface area contributed by atoms with Crippen LogP contribution in [0, 0.1) is 0 Å². The number of pyridine rings is 1. The maximum Gasteiger partial charge on any atom is 0.191 e. The second-order valence-electron chi connectivity index (χ2n) is 6.72. The molecule has 7 heteroatoms. The fraction of sp³-hybridized carbons (Fsp3) is 0.400. The van der Waals surface area contributed by atoms with E-state index < -0.39 is 0 Å². The van der Waals surface area contributed by atoms with Gasteiger partial charge in [-0.05, 0) is 36.4 Å². The molecule has 2 heterocycles. The molecule has 1 saturated heterocycles. The lowest BCUT2D eigenvalue weighted by Gasteiger charge is -2.33. The van der Waals surface area contributed by atoms with E-state index in [1.165, 1.54) is 0 Å². The van der Waals surface area contributed by atoms with Crippen LogP contribution in [0.3, 0.4) is 0 Å². The van der Waals surface area contributed by atoms with Gasteiger partial charge in [-0.15, -0.1) is 0 Å². The van der Waals surface area contributed by atoms with Gasteiger partial charge in [-0.25, -0.2) is 4.98 Å². The molecule has 0 bridgehead atoms. The van der Waals surface area contributed by atoms with E-state index in [0.29, 0.717) is 13.1 Å². The summed E-state index contributed by atoms with van der Waals surface area (Å²) in [5, 5.41) is 7.37. The van der Waals surface area contributed by atoms with E-state index in [-0.39, 0.29) is 0 Å². The lowest BCUT2D eigenvalue weighted by Crippen LogP contribution is -2.44. The highest BCUT2D eigenvalue weighted by Crippen LogP contribution is 2.13. The topological polar surface area (TPSA) is 55.8 Å². The second kappa shape index (κ2) is 9.58. The Hall–Kier alpha value is -2.31. The molecule has 0 radical (unpaired) electrons. The van der Waals surface area contributed by atoms with Crippen molar-refractivity contribution >= 4 is 23.4 Å². The van der Waals surface area contributed by atoms with Crippen molar-refractivity contribution in [1.29, 1.82) is 0 Å². The highest BCUT2D eigenvalue weighted by atomic mass is 35.5. The maximum absolute atomic E-state index is 5.92. The third-order valence-electron chi connectivity index (χ3n) is 4.69. The van der Waals surface area contributed by atoms with Crippen LogP contribution in [0.25, 0.3) is 0 Å². The zero-order valence-electron chi connectivity index (χ0n) is 16.0. The molecule has 0 unspecified atom stereocenters. The zero-order chi connectivity index (χ0) is 19.1. The quantitative estimate of drug-likeness (QED) is 0.610. The number of benzene rings is 1. The van der Waals surface area contributed by atoms with Crippen molar-refractivity contribution in [2.75, 3.05) is 45.2 Å². The third-order valence-corrected chi connectivity index (χ3v) is 4.95. The predicted octanol–water partition coefficient (Wildman–Crippen LogP) is 2.35. The fourth-order valence-electron chi connectivity index (χ4n) is 2.94. The van der Waals surface area contributed by atoms with Crippen molar-refractivity contribution in [3.8, 4) is 0 Å². The molecule has 27 heavy (non-hydrogen) atoms. The number of nitrogens with zero attached hydrogens (tertiary/aromatic N) is 4. The molecule has 6 nitrogen and oxygen atoms in total. The number of nitrogens with one attached hydrogen (secondary N) is 2. The van der Waals surface area contributed by atoms with Crippen LogP contribution in [-0.2, 0) is 13.1 Å². The van der Waals surface area contributed by atoms with E-state index in [9.17, 15) is 0 Å². The molecule has 0 saturated carbocycles. The molecular weight excluding hydrogens is 360 g/mol. The molecule has 1 aromatic heterocycles. The second-order valence-corrected chi connectivity index (χ2v) is 7.16. The Bertz CT molecular complexity index is 736. The third kappa shape index (κ3) is 5.84. The fourth-order valence-corrected chi connectivity index (χ4v) is 3.06.